The summed E-state index contributed by atoms with van der Waals surface area (Å²) in [5.41, 5.74) is 1.92. The molecule has 0 unspecified atom stereocenters. The third kappa shape index (κ3) is 3.54. The van der Waals surface area contributed by atoms with Crippen molar-refractivity contribution in [1.29, 1.82) is 0 Å². The van der Waals surface area contributed by atoms with Gasteiger partial charge in [0, 0.05) is 21.5 Å². The molecule has 0 radical (unpaired) electrons. The fraction of sp³-hybridized carbons (Fsp3) is 0.0500. The van der Waals surface area contributed by atoms with E-state index in [1.807, 2.05) is 36.4 Å². The predicted octanol–water partition coefficient (Wildman–Crippen LogP) is 5.68. The van der Waals surface area contributed by atoms with Gasteiger partial charge in [0.05, 0.1) is 21.1 Å². The number of halogens is 1. The van der Waals surface area contributed by atoms with E-state index in [0.29, 0.717) is 21.2 Å². The van der Waals surface area contributed by atoms with Crippen LogP contribution in [0.25, 0.3) is 0 Å². The van der Waals surface area contributed by atoms with Crippen LogP contribution in [-0.2, 0) is 4.74 Å². The molecule has 0 aliphatic carbocycles. The molecule has 140 valence electrons. The quantitative estimate of drug-likeness (QED) is 0.330. The number of esters is 1. The first-order valence-electron chi connectivity index (χ1n) is 8.30. The van der Waals surface area contributed by atoms with Crippen LogP contribution in [0, 0.1) is 10.1 Å². The minimum Gasteiger partial charge on any atom is -0.434 e. The van der Waals surface area contributed by atoms with Crippen LogP contribution in [0.1, 0.15) is 22.1 Å². The fourth-order valence-corrected chi connectivity index (χ4v) is 4.07. The standard InChI is InChI=1S/C20H13ClN2O4S/c21-12-9-10-18(16(11-12)23(25)26)28-17-8-4-3-7-15(17)22-19-13-5-1-2-6-14(13)20(24)27-19/h1-11,19,22H/t19-/m1/s1. The molecular weight excluding hydrogens is 400 g/mol. The molecule has 0 spiro atoms. The van der Waals surface area contributed by atoms with Gasteiger partial charge in [-0.3, -0.25) is 10.1 Å². The van der Waals surface area contributed by atoms with Crippen molar-refractivity contribution in [3.8, 4) is 0 Å². The number of nitro benzene ring substituents is 1. The second kappa shape index (κ2) is 7.53. The lowest BCUT2D eigenvalue weighted by molar-refractivity contribution is -0.387. The van der Waals surface area contributed by atoms with E-state index in [0.717, 1.165) is 10.5 Å². The molecule has 8 heteroatoms. The third-order valence-corrected chi connectivity index (χ3v) is 5.58. The first kappa shape index (κ1) is 18.3. The highest BCUT2D eigenvalue weighted by Crippen LogP contribution is 2.41. The number of nitrogens with one attached hydrogen (secondary N) is 1. The van der Waals surface area contributed by atoms with E-state index in [1.54, 1.807) is 24.3 Å². The van der Waals surface area contributed by atoms with Gasteiger partial charge in [-0.05, 0) is 30.3 Å². The molecule has 1 atom stereocenters. The summed E-state index contributed by atoms with van der Waals surface area (Å²) in [6.45, 7) is 0. The zero-order chi connectivity index (χ0) is 19.7. The summed E-state index contributed by atoms with van der Waals surface area (Å²) >= 11 is 7.14. The minimum absolute atomic E-state index is 0.0649. The average Bonchev–Trinajstić information content (AvgIpc) is 3.00. The molecule has 6 nitrogen and oxygen atoms in total. The Morgan fingerprint density at radius 1 is 1.04 bits per heavy atom. The van der Waals surface area contributed by atoms with Crippen molar-refractivity contribution in [3.05, 3.63) is 93.0 Å². The summed E-state index contributed by atoms with van der Waals surface area (Å²) in [7, 11) is 0. The number of carbonyl (C=O) groups is 1. The van der Waals surface area contributed by atoms with Crippen LogP contribution in [0.5, 0.6) is 0 Å². The maximum atomic E-state index is 12.0. The molecule has 28 heavy (non-hydrogen) atoms. The summed E-state index contributed by atoms with van der Waals surface area (Å²) < 4.78 is 5.43. The highest BCUT2D eigenvalue weighted by Gasteiger charge is 2.31. The van der Waals surface area contributed by atoms with Gasteiger partial charge in [-0.1, -0.05) is 53.7 Å². The normalized spacial score (nSPS) is 15.0. The van der Waals surface area contributed by atoms with Crippen LogP contribution in [0.4, 0.5) is 11.4 Å². The van der Waals surface area contributed by atoms with Crippen molar-refractivity contribution < 1.29 is 14.5 Å². The van der Waals surface area contributed by atoms with Crippen LogP contribution in [0.3, 0.4) is 0 Å². The monoisotopic (exact) mass is 412 g/mol. The Hall–Kier alpha value is -3.03. The summed E-state index contributed by atoms with van der Waals surface area (Å²) in [4.78, 5) is 24.2. The fourth-order valence-electron chi connectivity index (χ4n) is 2.91. The maximum absolute atomic E-state index is 12.0. The Balaban J connectivity index is 1.64. The molecule has 0 saturated carbocycles. The van der Waals surface area contributed by atoms with E-state index in [2.05, 4.69) is 5.32 Å². The molecule has 1 N–H and O–H groups in total. The minimum atomic E-state index is -0.620. The number of benzene rings is 3. The molecule has 0 bridgehead atoms. The number of cyclic esters (lactones) is 1. The van der Waals surface area contributed by atoms with Gasteiger partial charge in [-0.25, -0.2) is 4.79 Å². The van der Waals surface area contributed by atoms with E-state index in [1.165, 1.54) is 17.8 Å². The van der Waals surface area contributed by atoms with Crippen LogP contribution >= 0.6 is 23.4 Å². The van der Waals surface area contributed by atoms with Gasteiger partial charge in [0.2, 0.25) is 6.23 Å². The highest BCUT2D eigenvalue weighted by molar-refractivity contribution is 7.99. The second-order valence-electron chi connectivity index (χ2n) is 5.98. The lowest BCUT2D eigenvalue weighted by Crippen LogP contribution is -2.10. The van der Waals surface area contributed by atoms with Crippen molar-refractivity contribution >= 4 is 40.7 Å². The zero-order valence-electron chi connectivity index (χ0n) is 14.3. The molecule has 0 saturated heterocycles. The molecule has 0 amide bonds. The second-order valence-corrected chi connectivity index (χ2v) is 7.50. The average molecular weight is 413 g/mol. The number of hydrogen-bond donors (Lipinski definition) is 1. The number of para-hydroxylation sites is 1. The number of nitrogens with zero attached hydrogens (tertiary/aromatic N) is 1. The van der Waals surface area contributed by atoms with Gasteiger partial charge in [0.25, 0.3) is 5.69 Å². The van der Waals surface area contributed by atoms with Crippen LogP contribution in [-0.4, -0.2) is 10.9 Å². The van der Waals surface area contributed by atoms with E-state index < -0.39 is 11.2 Å². The molecule has 0 fully saturated rings. The molecule has 1 aliphatic rings. The number of fused-ring (bicyclic) bond motifs is 1. The number of carbonyl (C=O) groups excluding carboxylic acids is 1. The van der Waals surface area contributed by atoms with E-state index in [9.17, 15) is 14.9 Å². The van der Waals surface area contributed by atoms with Gasteiger partial charge < -0.3 is 10.1 Å². The first-order valence-corrected chi connectivity index (χ1v) is 9.49. The molecule has 4 rings (SSSR count). The van der Waals surface area contributed by atoms with Crippen LogP contribution in [0.15, 0.2) is 76.5 Å². The van der Waals surface area contributed by atoms with Gasteiger partial charge in [-0.2, -0.15) is 0 Å². The summed E-state index contributed by atoms with van der Waals surface area (Å²) in [5.74, 6) is -0.383. The van der Waals surface area contributed by atoms with Gasteiger partial charge in [-0.15, -0.1) is 0 Å². The smallest absolute Gasteiger partial charge is 0.340 e. The van der Waals surface area contributed by atoms with E-state index in [4.69, 9.17) is 16.3 Å². The van der Waals surface area contributed by atoms with Crippen molar-refractivity contribution in [2.75, 3.05) is 5.32 Å². The van der Waals surface area contributed by atoms with Crippen molar-refractivity contribution in [2.24, 2.45) is 0 Å². The first-order chi connectivity index (χ1) is 13.5. The van der Waals surface area contributed by atoms with Crippen molar-refractivity contribution in [3.63, 3.8) is 0 Å². The molecule has 3 aromatic carbocycles. The van der Waals surface area contributed by atoms with Gasteiger partial charge in [0.15, 0.2) is 0 Å². The van der Waals surface area contributed by atoms with Gasteiger partial charge in [0.1, 0.15) is 0 Å². The van der Waals surface area contributed by atoms with E-state index >= 15 is 0 Å². The van der Waals surface area contributed by atoms with E-state index in [-0.39, 0.29) is 11.7 Å². The molecule has 1 aliphatic heterocycles. The molecule has 1 heterocycles. The lowest BCUT2D eigenvalue weighted by Gasteiger charge is -2.17. The van der Waals surface area contributed by atoms with Crippen molar-refractivity contribution in [2.45, 2.75) is 16.0 Å². The lowest BCUT2D eigenvalue weighted by atomic mass is 10.1. The van der Waals surface area contributed by atoms with Crippen LogP contribution < -0.4 is 5.32 Å². The Labute approximate surface area is 169 Å². The maximum Gasteiger partial charge on any atom is 0.340 e. The molecule has 3 aromatic rings. The third-order valence-electron chi connectivity index (χ3n) is 4.20. The van der Waals surface area contributed by atoms with Crippen molar-refractivity contribution in [1.82, 2.24) is 0 Å². The number of nitro groups is 1. The SMILES string of the molecule is O=C1O[C@@H](Nc2ccccc2Sc2ccc(Cl)cc2[N+](=O)[O-])c2ccccc21. The number of anilines is 1. The summed E-state index contributed by atoms with van der Waals surface area (Å²) in [6, 6.07) is 19.1. The predicted molar refractivity (Wildman–Crippen MR) is 107 cm³/mol. The Bertz CT molecular complexity index is 1090. The number of hydrogen-bond acceptors (Lipinski definition) is 6. The highest BCUT2D eigenvalue weighted by atomic mass is 35.5. The Morgan fingerprint density at radius 3 is 2.61 bits per heavy atom. The Morgan fingerprint density at radius 2 is 1.79 bits per heavy atom. The van der Waals surface area contributed by atoms with Crippen LogP contribution in [0.2, 0.25) is 5.02 Å². The molecule has 0 aromatic heterocycles. The van der Waals surface area contributed by atoms with Gasteiger partial charge >= 0.3 is 5.97 Å². The Kier molecular flexibility index (Phi) is 4.93. The zero-order valence-corrected chi connectivity index (χ0v) is 15.9. The number of ether oxygens (including phenoxy) is 1. The summed E-state index contributed by atoms with van der Waals surface area (Å²) in [6.07, 6.45) is -0.620. The molecular formula is C20H13ClN2O4S. The topological polar surface area (TPSA) is 81.5 Å². The number of rotatable bonds is 5. The summed E-state index contributed by atoms with van der Waals surface area (Å²) in [5, 5.41) is 14.9. The largest absolute Gasteiger partial charge is 0.434 e.